The van der Waals surface area contributed by atoms with Gasteiger partial charge in [-0.2, -0.15) is 0 Å². The topological polar surface area (TPSA) is 52.6 Å². The van der Waals surface area contributed by atoms with Crippen molar-refractivity contribution in [3.8, 4) is 5.75 Å². The number of hydrogen-bond donors (Lipinski definition) is 2. The molecule has 1 amide bonds. The molecule has 19 heavy (non-hydrogen) atoms. The maximum atomic E-state index is 12.1. The first-order valence-corrected chi connectivity index (χ1v) is 6.99. The van der Waals surface area contributed by atoms with Crippen molar-refractivity contribution in [2.45, 2.75) is 25.8 Å². The molecular formula is C14H19ClN2O2. The quantitative estimate of drug-likeness (QED) is 0.891. The highest BCUT2D eigenvalue weighted by Crippen LogP contribution is 2.23. The zero-order chi connectivity index (χ0) is 13.8. The minimum atomic E-state index is -0.134. The number of carbonyl (C=O) groups is 1. The third-order valence-corrected chi connectivity index (χ3v) is 3.66. The van der Waals surface area contributed by atoms with Crippen LogP contribution in [0.5, 0.6) is 5.75 Å². The van der Waals surface area contributed by atoms with E-state index in [0.29, 0.717) is 5.56 Å². The second-order valence-electron chi connectivity index (χ2n) is 4.93. The second-order valence-corrected chi connectivity index (χ2v) is 5.33. The number of rotatable bonds is 4. The van der Waals surface area contributed by atoms with E-state index in [1.54, 1.807) is 6.07 Å². The molecule has 0 radical (unpaired) electrons. The maximum Gasteiger partial charge on any atom is 0.251 e. The molecule has 1 atom stereocenters. The second kappa shape index (κ2) is 6.26. The summed E-state index contributed by atoms with van der Waals surface area (Å²) in [5.74, 6) is -0.140. The summed E-state index contributed by atoms with van der Waals surface area (Å²) in [6.45, 7) is 5.18. The molecule has 1 saturated heterocycles. The number of amides is 1. The Bertz CT molecular complexity index is 465. The van der Waals surface area contributed by atoms with Crippen LogP contribution in [0.3, 0.4) is 0 Å². The van der Waals surface area contributed by atoms with E-state index in [9.17, 15) is 9.90 Å². The smallest absolute Gasteiger partial charge is 0.251 e. The van der Waals surface area contributed by atoms with Crippen LogP contribution in [0.15, 0.2) is 18.2 Å². The van der Waals surface area contributed by atoms with Gasteiger partial charge in [0.2, 0.25) is 0 Å². The van der Waals surface area contributed by atoms with Crippen molar-refractivity contribution in [2.75, 3.05) is 19.6 Å². The van der Waals surface area contributed by atoms with Crippen molar-refractivity contribution in [1.29, 1.82) is 0 Å². The standard InChI is InChI=1S/C14H19ClN2O2/c1-2-6-17-7-5-11(9-17)16-14(19)10-3-4-13(18)12(15)8-10/h3-4,8,11,18H,2,5-7,9H2,1H3,(H,16,19)/t11-/m1/s1. The lowest BCUT2D eigenvalue weighted by Crippen LogP contribution is -2.37. The highest BCUT2D eigenvalue weighted by molar-refractivity contribution is 6.32. The lowest BCUT2D eigenvalue weighted by molar-refractivity contribution is 0.0938. The SMILES string of the molecule is CCCN1CC[C@@H](NC(=O)c2ccc(O)c(Cl)c2)C1. The average Bonchev–Trinajstić information content (AvgIpc) is 2.80. The monoisotopic (exact) mass is 282 g/mol. The van der Waals surface area contributed by atoms with E-state index in [0.717, 1.165) is 32.5 Å². The van der Waals surface area contributed by atoms with Crippen LogP contribution >= 0.6 is 11.6 Å². The number of halogens is 1. The van der Waals surface area contributed by atoms with Crippen LogP contribution in [-0.2, 0) is 0 Å². The van der Waals surface area contributed by atoms with Crippen molar-refractivity contribution >= 4 is 17.5 Å². The number of phenolic OH excluding ortho intramolecular Hbond substituents is 1. The fourth-order valence-electron chi connectivity index (χ4n) is 2.39. The predicted molar refractivity (Wildman–Crippen MR) is 75.7 cm³/mol. The van der Waals surface area contributed by atoms with Gasteiger partial charge in [0.1, 0.15) is 5.75 Å². The Morgan fingerprint density at radius 3 is 3.05 bits per heavy atom. The van der Waals surface area contributed by atoms with Gasteiger partial charge in [-0.1, -0.05) is 18.5 Å². The minimum absolute atomic E-state index is 0.00629. The fourth-order valence-corrected chi connectivity index (χ4v) is 2.57. The molecule has 1 aliphatic heterocycles. The molecule has 1 heterocycles. The van der Waals surface area contributed by atoms with Crippen LogP contribution in [0, 0.1) is 0 Å². The summed E-state index contributed by atoms with van der Waals surface area (Å²) in [5.41, 5.74) is 0.483. The van der Waals surface area contributed by atoms with Crippen LogP contribution in [0.4, 0.5) is 0 Å². The summed E-state index contributed by atoms with van der Waals surface area (Å²) in [5, 5.41) is 12.5. The van der Waals surface area contributed by atoms with E-state index in [4.69, 9.17) is 11.6 Å². The molecule has 0 bridgehead atoms. The van der Waals surface area contributed by atoms with E-state index in [2.05, 4.69) is 17.1 Å². The van der Waals surface area contributed by atoms with Gasteiger partial charge in [-0.05, 0) is 37.6 Å². The van der Waals surface area contributed by atoms with Gasteiger partial charge < -0.3 is 15.3 Å². The molecule has 0 saturated carbocycles. The molecule has 1 aliphatic rings. The summed E-state index contributed by atoms with van der Waals surface area (Å²) in [7, 11) is 0. The van der Waals surface area contributed by atoms with Crippen molar-refractivity contribution in [2.24, 2.45) is 0 Å². The first kappa shape index (κ1) is 14.2. The zero-order valence-electron chi connectivity index (χ0n) is 11.0. The molecule has 0 aromatic heterocycles. The number of carbonyl (C=O) groups excluding carboxylic acids is 1. The van der Waals surface area contributed by atoms with Gasteiger partial charge >= 0.3 is 0 Å². The molecule has 4 nitrogen and oxygen atoms in total. The molecule has 0 spiro atoms. The normalized spacial score (nSPS) is 19.6. The molecule has 1 fully saturated rings. The molecule has 1 aromatic rings. The molecular weight excluding hydrogens is 264 g/mol. The van der Waals surface area contributed by atoms with Crippen molar-refractivity contribution in [1.82, 2.24) is 10.2 Å². The largest absolute Gasteiger partial charge is 0.506 e. The first-order chi connectivity index (χ1) is 9.10. The van der Waals surface area contributed by atoms with E-state index in [1.165, 1.54) is 12.1 Å². The Morgan fingerprint density at radius 2 is 2.37 bits per heavy atom. The number of nitrogens with zero attached hydrogens (tertiary/aromatic N) is 1. The number of benzene rings is 1. The molecule has 2 N–H and O–H groups in total. The van der Waals surface area contributed by atoms with Gasteiger partial charge in [-0.3, -0.25) is 4.79 Å². The summed E-state index contributed by atoms with van der Waals surface area (Å²) < 4.78 is 0. The summed E-state index contributed by atoms with van der Waals surface area (Å²) in [4.78, 5) is 14.4. The number of phenols is 1. The Kier molecular flexibility index (Phi) is 4.66. The van der Waals surface area contributed by atoms with Crippen molar-refractivity contribution in [3.05, 3.63) is 28.8 Å². The van der Waals surface area contributed by atoms with Crippen LogP contribution in [0.1, 0.15) is 30.1 Å². The summed E-state index contributed by atoms with van der Waals surface area (Å²) in [6.07, 6.45) is 2.12. The Labute approximate surface area is 118 Å². The summed E-state index contributed by atoms with van der Waals surface area (Å²) in [6, 6.07) is 4.71. The highest BCUT2D eigenvalue weighted by Gasteiger charge is 2.23. The molecule has 104 valence electrons. The van der Waals surface area contributed by atoms with Crippen molar-refractivity contribution < 1.29 is 9.90 Å². The van der Waals surface area contributed by atoms with Crippen LogP contribution in [0.25, 0.3) is 0 Å². The van der Waals surface area contributed by atoms with Crippen molar-refractivity contribution in [3.63, 3.8) is 0 Å². The molecule has 5 heteroatoms. The van der Waals surface area contributed by atoms with Gasteiger partial charge in [-0.15, -0.1) is 0 Å². The predicted octanol–water partition coefficient (Wildman–Crippen LogP) is 2.26. The average molecular weight is 283 g/mol. The Balaban J connectivity index is 1.92. The van der Waals surface area contributed by atoms with Gasteiger partial charge in [0.15, 0.2) is 0 Å². The zero-order valence-corrected chi connectivity index (χ0v) is 11.8. The first-order valence-electron chi connectivity index (χ1n) is 6.62. The number of likely N-dealkylation sites (tertiary alicyclic amines) is 1. The fraction of sp³-hybridized carbons (Fsp3) is 0.500. The third kappa shape index (κ3) is 3.61. The Morgan fingerprint density at radius 1 is 1.58 bits per heavy atom. The van der Waals surface area contributed by atoms with E-state index < -0.39 is 0 Å². The van der Waals surface area contributed by atoms with Gasteiger partial charge in [-0.25, -0.2) is 0 Å². The van der Waals surface area contributed by atoms with Gasteiger partial charge in [0.25, 0.3) is 5.91 Å². The van der Waals surface area contributed by atoms with Crippen LogP contribution in [-0.4, -0.2) is 41.6 Å². The maximum absolute atomic E-state index is 12.1. The van der Waals surface area contributed by atoms with E-state index in [1.807, 2.05) is 0 Å². The molecule has 2 rings (SSSR count). The lowest BCUT2D eigenvalue weighted by Gasteiger charge is -2.15. The van der Waals surface area contributed by atoms with Crippen LogP contribution < -0.4 is 5.32 Å². The summed E-state index contributed by atoms with van der Waals surface area (Å²) >= 11 is 5.80. The van der Waals surface area contributed by atoms with E-state index in [-0.39, 0.29) is 22.7 Å². The molecule has 0 unspecified atom stereocenters. The van der Waals surface area contributed by atoms with E-state index >= 15 is 0 Å². The van der Waals surface area contributed by atoms with Crippen LogP contribution in [0.2, 0.25) is 5.02 Å². The molecule has 1 aromatic carbocycles. The number of nitrogens with one attached hydrogen (secondary N) is 1. The number of aromatic hydroxyl groups is 1. The molecule has 0 aliphatic carbocycles. The third-order valence-electron chi connectivity index (χ3n) is 3.36. The lowest BCUT2D eigenvalue weighted by atomic mass is 10.2. The Hall–Kier alpha value is -1.26. The number of hydrogen-bond acceptors (Lipinski definition) is 3. The highest BCUT2D eigenvalue weighted by atomic mass is 35.5. The minimum Gasteiger partial charge on any atom is -0.506 e. The van der Waals surface area contributed by atoms with Gasteiger partial charge in [0.05, 0.1) is 5.02 Å². The van der Waals surface area contributed by atoms with Gasteiger partial charge in [0, 0.05) is 24.7 Å².